The first kappa shape index (κ1) is 15.6. The van der Waals surface area contributed by atoms with Crippen LogP contribution in [0.2, 0.25) is 0 Å². The van der Waals surface area contributed by atoms with E-state index in [4.69, 9.17) is 0 Å². The lowest BCUT2D eigenvalue weighted by molar-refractivity contribution is 0.0272. The molecular formula is C19H28N2O. The average molecular weight is 300 g/mol. The molecule has 0 saturated carbocycles. The minimum Gasteiger partial charge on any atom is -0.393 e. The second-order valence-corrected chi connectivity index (χ2v) is 6.58. The number of piperidine rings is 1. The third-order valence-corrected chi connectivity index (χ3v) is 5.01. The number of aryl methyl sites for hydroxylation is 1. The molecule has 1 aromatic heterocycles. The topological polar surface area (TPSA) is 28.4 Å². The Morgan fingerprint density at radius 1 is 1.23 bits per heavy atom. The molecule has 0 aliphatic carbocycles. The smallest absolute Gasteiger partial charge is 0.0596 e. The largest absolute Gasteiger partial charge is 0.393 e. The minimum atomic E-state index is -0.156. The number of aliphatic hydroxyl groups excluding tert-OH is 1. The lowest BCUT2D eigenvalue weighted by Crippen LogP contribution is -2.44. The van der Waals surface area contributed by atoms with E-state index in [0.29, 0.717) is 5.92 Å². The Labute approximate surface area is 133 Å². The number of hydrogen-bond donors (Lipinski definition) is 1. The highest BCUT2D eigenvalue weighted by molar-refractivity contribution is 5.84. The van der Waals surface area contributed by atoms with Crippen LogP contribution in [0, 0.1) is 5.92 Å². The van der Waals surface area contributed by atoms with E-state index in [-0.39, 0.29) is 6.10 Å². The van der Waals surface area contributed by atoms with Gasteiger partial charge in [-0.15, -0.1) is 0 Å². The van der Waals surface area contributed by atoms with Gasteiger partial charge in [-0.05, 0) is 44.4 Å². The van der Waals surface area contributed by atoms with Crippen molar-refractivity contribution < 1.29 is 5.11 Å². The third-order valence-electron chi connectivity index (χ3n) is 5.01. The van der Waals surface area contributed by atoms with Crippen LogP contribution in [0.4, 0.5) is 0 Å². The standard InChI is InChI=1S/C19H28N2O/c1-3-10-20-11-9-19(22)16(13-20)12-15-14-21(4-2)18-8-6-5-7-17(15)18/h5-8,14,16,19,22H,3-4,9-13H2,1-2H3. The average Bonchev–Trinajstić information content (AvgIpc) is 2.89. The summed E-state index contributed by atoms with van der Waals surface area (Å²) in [5, 5.41) is 11.8. The maximum Gasteiger partial charge on any atom is 0.0596 e. The molecule has 1 aliphatic heterocycles. The summed E-state index contributed by atoms with van der Waals surface area (Å²) in [7, 11) is 0. The van der Waals surface area contributed by atoms with E-state index in [2.05, 4.69) is 53.8 Å². The van der Waals surface area contributed by atoms with Crippen LogP contribution in [-0.4, -0.2) is 40.3 Å². The van der Waals surface area contributed by atoms with Crippen LogP contribution in [0.3, 0.4) is 0 Å². The summed E-state index contributed by atoms with van der Waals surface area (Å²) in [4.78, 5) is 2.51. The van der Waals surface area contributed by atoms with Crippen LogP contribution < -0.4 is 0 Å². The van der Waals surface area contributed by atoms with Crippen molar-refractivity contribution in [3.05, 3.63) is 36.0 Å². The number of nitrogens with zero attached hydrogens (tertiary/aromatic N) is 2. The van der Waals surface area contributed by atoms with Gasteiger partial charge in [0.1, 0.15) is 0 Å². The van der Waals surface area contributed by atoms with Gasteiger partial charge in [-0.25, -0.2) is 0 Å². The van der Waals surface area contributed by atoms with Gasteiger partial charge in [-0.3, -0.25) is 0 Å². The Morgan fingerprint density at radius 2 is 2.05 bits per heavy atom. The fourth-order valence-electron chi connectivity index (χ4n) is 3.84. The molecule has 0 bridgehead atoms. The second-order valence-electron chi connectivity index (χ2n) is 6.58. The molecular weight excluding hydrogens is 272 g/mol. The van der Waals surface area contributed by atoms with Gasteiger partial charge >= 0.3 is 0 Å². The molecule has 3 nitrogen and oxygen atoms in total. The molecule has 1 fully saturated rings. The molecule has 0 radical (unpaired) electrons. The van der Waals surface area contributed by atoms with Gasteiger partial charge in [0.2, 0.25) is 0 Å². The molecule has 2 atom stereocenters. The summed E-state index contributed by atoms with van der Waals surface area (Å²) >= 11 is 0. The van der Waals surface area contributed by atoms with Gasteiger partial charge in [-0.1, -0.05) is 25.1 Å². The van der Waals surface area contributed by atoms with Crippen LogP contribution in [0.5, 0.6) is 0 Å². The van der Waals surface area contributed by atoms with E-state index >= 15 is 0 Å². The molecule has 0 spiro atoms. The first-order valence-electron chi connectivity index (χ1n) is 8.70. The Morgan fingerprint density at radius 3 is 2.82 bits per heavy atom. The molecule has 2 aromatic rings. The molecule has 3 heteroatoms. The lowest BCUT2D eigenvalue weighted by Gasteiger charge is -2.36. The van der Waals surface area contributed by atoms with Crippen molar-refractivity contribution in [3.63, 3.8) is 0 Å². The normalized spacial score (nSPS) is 23.2. The van der Waals surface area contributed by atoms with Gasteiger partial charge in [0, 0.05) is 42.7 Å². The van der Waals surface area contributed by atoms with Crippen molar-refractivity contribution in [2.75, 3.05) is 19.6 Å². The van der Waals surface area contributed by atoms with E-state index < -0.39 is 0 Å². The van der Waals surface area contributed by atoms with Crippen LogP contribution in [0.15, 0.2) is 30.5 Å². The van der Waals surface area contributed by atoms with Gasteiger partial charge in [-0.2, -0.15) is 0 Å². The number of hydrogen-bond acceptors (Lipinski definition) is 2. The highest BCUT2D eigenvalue weighted by Crippen LogP contribution is 2.27. The fraction of sp³-hybridized carbons (Fsp3) is 0.579. The number of para-hydroxylation sites is 1. The molecule has 3 rings (SSSR count). The first-order valence-corrected chi connectivity index (χ1v) is 8.70. The number of fused-ring (bicyclic) bond motifs is 1. The first-order chi connectivity index (χ1) is 10.7. The van der Waals surface area contributed by atoms with Crippen LogP contribution in [0.25, 0.3) is 10.9 Å². The summed E-state index contributed by atoms with van der Waals surface area (Å²) in [6.07, 6.45) is 5.22. The molecule has 0 amide bonds. The SMILES string of the molecule is CCCN1CCC(O)C(Cc2cn(CC)c3ccccc23)C1. The number of aromatic nitrogens is 1. The molecule has 1 N–H and O–H groups in total. The third kappa shape index (κ3) is 3.06. The number of benzene rings is 1. The van der Waals surface area contributed by atoms with Crippen molar-refractivity contribution in [2.24, 2.45) is 5.92 Å². The zero-order valence-corrected chi connectivity index (χ0v) is 13.8. The number of likely N-dealkylation sites (tertiary alicyclic amines) is 1. The Hall–Kier alpha value is -1.32. The number of aliphatic hydroxyl groups is 1. The van der Waals surface area contributed by atoms with E-state index in [1.54, 1.807) is 0 Å². The quantitative estimate of drug-likeness (QED) is 0.918. The highest BCUT2D eigenvalue weighted by Gasteiger charge is 2.28. The van der Waals surface area contributed by atoms with Crippen molar-refractivity contribution >= 4 is 10.9 Å². The molecule has 1 aromatic carbocycles. The maximum atomic E-state index is 10.4. The Kier molecular flexibility index (Phi) is 4.84. The summed E-state index contributed by atoms with van der Waals surface area (Å²) in [6, 6.07) is 8.64. The molecule has 1 aliphatic rings. The van der Waals surface area contributed by atoms with E-state index in [1.807, 2.05) is 0 Å². The minimum absolute atomic E-state index is 0.156. The van der Waals surface area contributed by atoms with Crippen LogP contribution in [0.1, 0.15) is 32.3 Å². The van der Waals surface area contributed by atoms with Gasteiger partial charge in [0.05, 0.1) is 6.10 Å². The van der Waals surface area contributed by atoms with Crippen molar-refractivity contribution in [3.8, 4) is 0 Å². The van der Waals surface area contributed by atoms with E-state index in [1.165, 1.54) is 22.9 Å². The van der Waals surface area contributed by atoms with Crippen molar-refractivity contribution in [2.45, 2.75) is 45.8 Å². The number of rotatable bonds is 5. The van der Waals surface area contributed by atoms with Crippen LogP contribution >= 0.6 is 0 Å². The van der Waals surface area contributed by atoms with E-state index in [0.717, 1.165) is 39.0 Å². The molecule has 120 valence electrons. The van der Waals surface area contributed by atoms with Crippen LogP contribution in [-0.2, 0) is 13.0 Å². The fourth-order valence-corrected chi connectivity index (χ4v) is 3.84. The predicted molar refractivity (Wildman–Crippen MR) is 92.2 cm³/mol. The van der Waals surface area contributed by atoms with Gasteiger partial charge in [0.15, 0.2) is 0 Å². The zero-order valence-electron chi connectivity index (χ0n) is 13.8. The summed E-state index contributed by atoms with van der Waals surface area (Å²) in [5.41, 5.74) is 2.70. The molecule has 2 heterocycles. The van der Waals surface area contributed by atoms with Gasteiger partial charge in [0.25, 0.3) is 0 Å². The van der Waals surface area contributed by atoms with Crippen molar-refractivity contribution in [1.29, 1.82) is 0 Å². The lowest BCUT2D eigenvalue weighted by atomic mass is 9.88. The summed E-state index contributed by atoms with van der Waals surface area (Å²) in [6.45, 7) is 8.64. The molecule has 2 unspecified atom stereocenters. The monoisotopic (exact) mass is 300 g/mol. The van der Waals surface area contributed by atoms with E-state index in [9.17, 15) is 5.11 Å². The Bertz CT molecular complexity index is 619. The highest BCUT2D eigenvalue weighted by atomic mass is 16.3. The maximum absolute atomic E-state index is 10.4. The Balaban J connectivity index is 1.82. The molecule has 22 heavy (non-hydrogen) atoms. The van der Waals surface area contributed by atoms with Crippen molar-refractivity contribution in [1.82, 2.24) is 9.47 Å². The molecule has 1 saturated heterocycles. The predicted octanol–water partition coefficient (Wildman–Crippen LogP) is 3.30. The zero-order chi connectivity index (χ0) is 15.5. The summed E-state index contributed by atoms with van der Waals surface area (Å²) in [5.74, 6) is 0.358. The van der Waals surface area contributed by atoms with Gasteiger partial charge < -0.3 is 14.6 Å². The second kappa shape index (κ2) is 6.84. The summed E-state index contributed by atoms with van der Waals surface area (Å²) < 4.78 is 2.32.